The number of carbonyl (C=O) groups is 4. The van der Waals surface area contributed by atoms with Crippen LogP contribution in [0.4, 0.5) is 8.78 Å². The van der Waals surface area contributed by atoms with Crippen LogP contribution in [0, 0.1) is 11.6 Å². The number of carboxylic acids is 1. The van der Waals surface area contributed by atoms with Gasteiger partial charge in [-0.25, -0.2) is 18.4 Å². The van der Waals surface area contributed by atoms with E-state index in [9.17, 15) is 47.8 Å². The highest BCUT2D eigenvalue weighted by Crippen LogP contribution is 2.40. The molecule has 2 amide bonds. The van der Waals surface area contributed by atoms with Crippen molar-refractivity contribution >= 4 is 58.2 Å². The Bertz CT molecular complexity index is 3510. The molecule has 0 atom stereocenters. The number of aromatic hydroxyl groups is 1. The van der Waals surface area contributed by atoms with Crippen molar-refractivity contribution in [3.8, 4) is 23.0 Å². The minimum absolute atomic E-state index is 0. The standard InChI is InChI=1S/C28H21FN2O7.C24H23FN4O6.2CH4/c1-2-36-28(35)21-25(37-15-17-6-4-3-5-7-17)22-23-24(38-20(27(33)34)14-31(23)26(21)32)18(13-30-22)12-16-8-10-19(29)11-9-16;1-3-26-22(31)16-12-29-19-18(20(30)17(24(29)33)23(32)27-8-9-34-2)28-11-14(21(19)35-16)10-13-4-6-15(25)7-5-13;;/h3-11,13-14H,2,12,15H2,1H3,(H,33,34);4-7,11-12,30H,3,8-10H2,1-2H3,(H,26,31)(H,27,32);2*1H4. The summed E-state index contributed by atoms with van der Waals surface area (Å²) in [6.07, 6.45) is 5.48. The molecule has 3 aromatic carbocycles. The number of nitrogens with zero attached hydrogens (tertiary/aromatic N) is 4. The van der Waals surface area contributed by atoms with Gasteiger partial charge in [0.25, 0.3) is 22.9 Å². The van der Waals surface area contributed by atoms with Gasteiger partial charge in [-0.15, -0.1) is 0 Å². The number of nitrogens with one attached hydrogen (secondary N) is 2. The van der Waals surface area contributed by atoms with Gasteiger partial charge in [-0.05, 0) is 54.8 Å². The number of amides is 2. The number of ether oxygens (including phenoxy) is 5. The number of benzene rings is 3. The van der Waals surface area contributed by atoms with Crippen LogP contribution >= 0.6 is 0 Å². The largest absolute Gasteiger partial charge is 0.505 e. The van der Waals surface area contributed by atoms with E-state index in [4.69, 9.17) is 23.7 Å². The Hall–Kier alpha value is -9.24. The average molecular weight is 1030 g/mol. The molecule has 0 saturated carbocycles. The molecule has 19 nitrogen and oxygen atoms in total. The van der Waals surface area contributed by atoms with Crippen molar-refractivity contribution in [2.24, 2.45) is 0 Å². The van der Waals surface area contributed by atoms with E-state index in [1.54, 1.807) is 38.1 Å². The van der Waals surface area contributed by atoms with E-state index in [-0.39, 0.29) is 105 Å². The number of methoxy groups -OCH3 is 1. The topological polar surface area (TPSA) is 249 Å². The van der Waals surface area contributed by atoms with E-state index in [0.717, 1.165) is 32.7 Å². The molecule has 0 spiro atoms. The Morgan fingerprint density at radius 3 is 1.77 bits per heavy atom. The lowest BCUT2D eigenvalue weighted by molar-refractivity contribution is -0.135. The third kappa shape index (κ3) is 11.5. The molecule has 0 unspecified atom stereocenters. The van der Waals surface area contributed by atoms with Gasteiger partial charge in [0.1, 0.15) is 45.9 Å². The van der Waals surface area contributed by atoms with Gasteiger partial charge < -0.3 is 44.5 Å². The number of carbonyl (C=O) groups excluding carboxylic acids is 3. The number of hydrogen-bond acceptors (Lipinski definition) is 14. The molecule has 75 heavy (non-hydrogen) atoms. The van der Waals surface area contributed by atoms with E-state index < -0.39 is 63.3 Å². The van der Waals surface area contributed by atoms with Crippen molar-refractivity contribution in [1.29, 1.82) is 0 Å². The molecule has 4 N–H and O–H groups in total. The number of esters is 1. The van der Waals surface area contributed by atoms with E-state index in [2.05, 4.69) is 20.6 Å². The van der Waals surface area contributed by atoms with E-state index in [1.807, 2.05) is 30.3 Å². The summed E-state index contributed by atoms with van der Waals surface area (Å²) in [5, 5.41) is 25.6. The molecule has 0 bridgehead atoms. The van der Waals surface area contributed by atoms with Crippen LogP contribution in [0.5, 0.6) is 23.0 Å². The molecule has 0 saturated heterocycles. The van der Waals surface area contributed by atoms with Gasteiger partial charge in [-0.3, -0.25) is 38.3 Å². The number of carboxylic acid groups (broad SMARTS) is 1. The first-order chi connectivity index (χ1) is 35.2. The van der Waals surface area contributed by atoms with Crippen LogP contribution in [0.25, 0.3) is 34.5 Å². The lowest BCUT2D eigenvalue weighted by Gasteiger charge is -2.23. The number of hydrogen-bond donors (Lipinski definition) is 4. The van der Waals surface area contributed by atoms with Crippen molar-refractivity contribution in [2.45, 2.75) is 48.1 Å². The van der Waals surface area contributed by atoms with Gasteiger partial charge in [-0.1, -0.05) is 69.5 Å². The number of aliphatic carboxylic acids is 1. The molecule has 4 aromatic heterocycles. The molecule has 6 heterocycles. The second-order valence-electron chi connectivity index (χ2n) is 16.1. The third-order valence-corrected chi connectivity index (χ3v) is 11.2. The Morgan fingerprint density at radius 1 is 0.693 bits per heavy atom. The quantitative estimate of drug-likeness (QED) is 0.0564. The second kappa shape index (κ2) is 24.0. The molecule has 2 aliphatic heterocycles. The van der Waals surface area contributed by atoms with Gasteiger partial charge >= 0.3 is 11.9 Å². The fraction of sp³-hybridized carbons (Fsp3) is 0.222. The number of halogens is 2. The summed E-state index contributed by atoms with van der Waals surface area (Å²) in [6.45, 7) is 3.99. The van der Waals surface area contributed by atoms with Crippen molar-refractivity contribution in [3.63, 3.8) is 0 Å². The highest BCUT2D eigenvalue weighted by atomic mass is 19.1. The van der Waals surface area contributed by atoms with E-state index >= 15 is 0 Å². The fourth-order valence-corrected chi connectivity index (χ4v) is 7.85. The zero-order chi connectivity index (χ0) is 51.9. The predicted molar refractivity (Wildman–Crippen MR) is 273 cm³/mol. The monoisotopic (exact) mass is 1030 g/mol. The van der Waals surface area contributed by atoms with Crippen LogP contribution in [-0.4, -0.2) is 86.5 Å². The van der Waals surface area contributed by atoms with Crippen molar-refractivity contribution in [2.75, 3.05) is 33.4 Å². The third-order valence-electron chi connectivity index (χ3n) is 11.2. The predicted octanol–water partition coefficient (Wildman–Crippen LogP) is 6.96. The Kier molecular flexibility index (Phi) is 17.6. The molecule has 0 fully saturated rings. The highest BCUT2D eigenvalue weighted by molar-refractivity contribution is 6.05. The van der Waals surface area contributed by atoms with E-state index in [0.29, 0.717) is 23.2 Å². The summed E-state index contributed by atoms with van der Waals surface area (Å²) in [6, 6.07) is 20.7. The van der Waals surface area contributed by atoms with Gasteiger partial charge in [0.15, 0.2) is 28.6 Å². The van der Waals surface area contributed by atoms with Crippen molar-refractivity contribution in [3.05, 3.63) is 174 Å². The molecule has 9 rings (SSSR count). The normalized spacial score (nSPS) is 11.7. The van der Waals surface area contributed by atoms with Gasteiger partial charge in [-0.2, -0.15) is 0 Å². The lowest BCUT2D eigenvalue weighted by Crippen LogP contribution is -2.36. The van der Waals surface area contributed by atoms with Crippen LogP contribution in [0.3, 0.4) is 0 Å². The van der Waals surface area contributed by atoms with Crippen LogP contribution in [0.2, 0.25) is 0 Å². The summed E-state index contributed by atoms with van der Waals surface area (Å²) in [5.74, 6) is -5.74. The lowest BCUT2D eigenvalue weighted by atomic mass is 10.0. The van der Waals surface area contributed by atoms with Crippen LogP contribution < -0.4 is 36.0 Å². The Balaban J connectivity index is 0.000000238. The number of rotatable bonds is 16. The number of pyridine rings is 4. The summed E-state index contributed by atoms with van der Waals surface area (Å²) in [4.78, 5) is 85.8. The van der Waals surface area contributed by atoms with Crippen molar-refractivity contribution < 1.29 is 61.9 Å². The molecule has 7 aromatic rings. The Morgan fingerprint density at radius 2 is 1.23 bits per heavy atom. The zero-order valence-corrected chi connectivity index (χ0v) is 39.2. The van der Waals surface area contributed by atoms with E-state index in [1.165, 1.54) is 43.8 Å². The molecule has 21 heteroatoms. The first-order valence-corrected chi connectivity index (χ1v) is 22.5. The van der Waals surface area contributed by atoms with Gasteiger partial charge in [0.05, 0.1) is 25.6 Å². The maximum absolute atomic E-state index is 13.6. The second-order valence-corrected chi connectivity index (χ2v) is 16.1. The first-order valence-electron chi connectivity index (χ1n) is 22.5. The molecule has 2 aliphatic rings. The highest BCUT2D eigenvalue weighted by Gasteiger charge is 2.33. The van der Waals surface area contributed by atoms with Crippen LogP contribution in [0.15, 0.2) is 112 Å². The summed E-state index contributed by atoms with van der Waals surface area (Å²) < 4.78 is 56.5. The molecular weight excluding hydrogens is 979 g/mol. The number of aromatic nitrogens is 4. The van der Waals surface area contributed by atoms with Gasteiger partial charge in [0, 0.05) is 56.6 Å². The summed E-state index contributed by atoms with van der Waals surface area (Å²) in [7, 11) is 1.46. The zero-order valence-electron chi connectivity index (χ0n) is 39.2. The molecular formula is C54H52F2N6O13. The summed E-state index contributed by atoms with van der Waals surface area (Å²) >= 11 is 0. The minimum atomic E-state index is -1.41. The van der Waals surface area contributed by atoms with Crippen molar-refractivity contribution in [1.82, 2.24) is 29.7 Å². The maximum atomic E-state index is 13.6. The Labute approximate surface area is 427 Å². The minimum Gasteiger partial charge on any atom is -0.505 e. The molecule has 0 aliphatic carbocycles. The molecule has 0 radical (unpaired) electrons. The average Bonchev–Trinajstić information content (AvgIpc) is 3.38. The van der Waals surface area contributed by atoms with Crippen LogP contribution in [0.1, 0.15) is 77.2 Å². The SMILES string of the molecule is C.C.CCNC(=O)C1=Cn2c(=O)c(C(=O)NCCOC)c(O)c3ncc(Cc4ccc(F)cc4)c(c32)O1.CCOC(=O)c1c(OCc2ccccc2)c2ncc(Cc3ccc(F)cc3)c3c2n(c1=O)C=C(C(=O)O)O3. The smallest absolute Gasteiger partial charge is 0.373 e. The maximum Gasteiger partial charge on any atom is 0.373 e. The first kappa shape index (κ1) is 55.1. The summed E-state index contributed by atoms with van der Waals surface area (Å²) in [5.41, 5.74) is 0.826. The number of likely N-dealkylation sites (N-methyl/N-ethyl adjacent to an activating group) is 1. The fourth-order valence-electron chi connectivity index (χ4n) is 7.85. The van der Waals surface area contributed by atoms with Crippen LogP contribution in [-0.2, 0) is 38.5 Å². The molecule has 390 valence electrons. The van der Waals surface area contributed by atoms with Gasteiger partial charge in [0.2, 0.25) is 11.5 Å².